The van der Waals surface area contributed by atoms with Gasteiger partial charge in [0.05, 0.1) is 4.90 Å². The van der Waals surface area contributed by atoms with Crippen molar-refractivity contribution in [1.82, 2.24) is 0 Å². The van der Waals surface area contributed by atoms with Gasteiger partial charge in [-0.3, -0.25) is 0 Å². The zero-order chi connectivity index (χ0) is 10.1. The van der Waals surface area contributed by atoms with E-state index < -0.39 is 9.63 Å². The molecule has 0 atom stereocenters. The molecule has 13 heavy (non-hydrogen) atoms. The average molecular weight is 202 g/mol. The number of aryl methyl sites for hydroxylation is 1. The molecule has 0 unspecified atom stereocenters. The van der Waals surface area contributed by atoms with Crippen molar-refractivity contribution < 1.29 is 13.3 Å². The second-order valence-corrected chi connectivity index (χ2v) is 6.20. The van der Waals surface area contributed by atoms with E-state index >= 15 is 0 Å². The molecule has 3 nitrogen and oxygen atoms in total. The van der Waals surface area contributed by atoms with Crippen molar-refractivity contribution in [2.75, 3.05) is 5.75 Å². The summed E-state index contributed by atoms with van der Waals surface area (Å²) >= 11 is 0. The molecule has 0 fully saturated rings. The molecule has 0 spiro atoms. The van der Waals surface area contributed by atoms with Gasteiger partial charge in [-0.1, -0.05) is 24.6 Å². The zero-order valence-corrected chi connectivity index (χ0v) is 8.54. The lowest BCUT2D eigenvalue weighted by molar-refractivity contribution is 0.391. The third-order valence-corrected chi connectivity index (χ3v) is 4.28. The third kappa shape index (κ3) is 2.15. The second kappa shape index (κ2) is 2.90. The Labute approximate surface area is 77.8 Å². The molecule has 74 valence electrons. The predicted molar refractivity (Wildman–Crippen MR) is 53.4 cm³/mol. The van der Waals surface area contributed by atoms with Crippen LogP contribution in [0.15, 0.2) is 29.2 Å². The number of benzene rings is 1. The fraction of sp³-hybridized carbons (Fsp3) is 0.333. The van der Waals surface area contributed by atoms with Gasteiger partial charge >= 0.3 is 0 Å². The van der Waals surface area contributed by atoms with Crippen LogP contribution in [0, 0.1) is 6.92 Å². The molecule has 0 saturated heterocycles. The van der Waals surface area contributed by atoms with Gasteiger partial charge in [0.1, 0.15) is 9.63 Å². The Morgan fingerprint density at radius 1 is 1.23 bits per heavy atom. The SMILES string of the molecule is CCS(=O)(O)(O)c1ccc(C)cc1. The summed E-state index contributed by atoms with van der Waals surface area (Å²) < 4.78 is 30.5. The molecule has 0 amide bonds. The molecule has 0 bridgehead atoms. The van der Waals surface area contributed by atoms with E-state index in [0.717, 1.165) is 5.56 Å². The first-order valence-corrected chi connectivity index (χ1v) is 6.10. The third-order valence-electron chi connectivity index (χ3n) is 2.02. The number of hydrogen-bond acceptors (Lipinski definition) is 1. The predicted octanol–water partition coefficient (Wildman–Crippen LogP) is 2.14. The summed E-state index contributed by atoms with van der Waals surface area (Å²) in [6.07, 6.45) is 0. The average Bonchev–Trinajstić information content (AvgIpc) is 2.05. The largest absolute Gasteiger partial charge is 0.304 e. The maximum atomic E-state index is 11.6. The smallest absolute Gasteiger partial charge is 0.108 e. The molecule has 0 aliphatic rings. The van der Waals surface area contributed by atoms with Crippen molar-refractivity contribution in [2.24, 2.45) is 0 Å². The normalized spacial score (nSPS) is 14.9. The van der Waals surface area contributed by atoms with Crippen LogP contribution in [-0.4, -0.2) is 19.1 Å². The Hall–Kier alpha value is -0.710. The van der Waals surface area contributed by atoms with Crippen LogP contribution in [0.4, 0.5) is 0 Å². The lowest BCUT2D eigenvalue weighted by Gasteiger charge is -2.29. The zero-order valence-electron chi connectivity index (χ0n) is 7.73. The Bertz CT molecular complexity index is 361. The van der Waals surface area contributed by atoms with E-state index in [1.807, 2.05) is 6.92 Å². The van der Waals surface area contributed by atoms with E-state index in [2.05, 4.69) is 0 Å². The Morgan fingerprint density at radius 3 is 2.08 bits per heavy atom. The van der Waals surface area contributed by atoms with Crippen molar-refractivity contribution >= 4 is 9.63 Å². The molecule has 1 aromatic carbocycles. The van der Waals surface area contributed by atoms with Crippen LogP contribution in [0.2, 0.25) is 0 Å². The second-order valence-electron chi connectivity index (χ2n) is 3.12. The van der Waals surface area contributed by atoms with Crippen molar-refractivity contribution in [3.63, 3.8) is 0 Å². The quantitative estimate of drug-likeness (QED) is 0.772. The van der Waals surface area contributed by atoms with Gasteiger partial charge in [0.2, 0.25) is 0 Å². The van der Waals surface area contributed by atoms with Crippen LogP contribution in [0.3, 0.4) is 0 Å². The van der Waals surface area contributed by atoms with Crippen LogP contribution >= 0.6 is 0 Å². The maximum Gasteiger partial charge on any atom is 0.108 e. The van der Waals surface area contributed by atoms with Gasteiger partial charge in [0.25, 0.3) is 0 Å². The van der Waals surface area contributed by atoms with Gasteiger partial charge in [0, 0.05) is 5.75 Å². The number of hydrogen-bond donors (Lipinski definition) is 2. The molecule has 1 aromatic rings. The summed E-state index contributed by atoms with van der Waals surface area (Å²) in [6, 6.07) is 6.36. The van der Waals surface area contributed by atoms with E-state index in [9.17, 15) is 13.3 Å². The molecular formula is C9H14O3S. The van der Waals surface area contributed by atoms with Gasteiger partial charge in [0.15, 0.2) is 0 Å². The molecule has 0 aliphatic heterocycles. The van der Waals surface area contributed by atoms with E-state index in [-0.39, 0.29) is 10.6 Å². The van der Waals surface area contributed by atoms with Crippen LogP contribution < -0.4 is 0 Å². The van der Waals surface area contributed by atoms with Gasteiger partial charge in [-0.2, -0.15) is 0 Å². The lowest BCUT2D eigenvalue weighted by atomic mass is 10.2. The molecule has 0 heterocycles. The molecule has 0 aromatic heterocycles. The molecule has 0 radical (unpaired) electrons. The van der Waals surface area contributed by atoms with Crippen molar-refractivity contribution in [3.05, 3.63) is 29.8 Å². The first-order valence-electron chi connectivity index (χ1n) is 4.05. The summed E-state index contributed by atoms with van der Waals surface area (Å²) in [5.41, 5.74) is 0.989. The molecule has 4 heteroatoms. The molecule has 0 aliphatic carbocycles. The van der Waals surface area contributed by atoms with Crippen LogP contribution in [0.1, 0.15) is 12.5 Å². The van der Waals surface area contributed by atoms with Crippen molar-refractivity contribution in [3.8, 4) is 0 Å². The van der Waals surface area contributed by atoms with E-state index in [1.165, 1.54) is 19.1 Å². The highest BCUT2D eigenvalue weighted by atomic mass is 32.3. The highest BCUT2D eigenvalue weighted by Crippen LogP contribution is 2.28. The Balaban J connectivity index is 3.24. The van der Waals surface area contributed by atoms with E-state index in [1.54, 1.807) is 12.1 Å². The van der Waals surface area contributed by atoms with Gasteiger partial charge in [-0.25, -0.2) is 4.21 Å². The minimum absolute atomic E-state index is 0.0881. The lowest BCUT2D eigenvalue weighted by Crippen LogP contribution is -2.33. The topological polar surface area (TPSA) is 57.5 Å². The van der Waals surface area contributed by atoms with E-state index in [4.69, 9.17) is 0 Å². The van der Waals surface area contributed by atoms with Gasteiger partial charge < -0.3 is 9.11 Å². The van der Waals surface area contributed by atoms with Crippen LogP contribution in [0.25, 0.3) is 0 Å². The van der Waals surface area contributed by atoms with Crippen LogP contribution in [-0.2, 0) is 9.63 Å². The maximum absolute atomic E-state index is 11.6. The first kappa shape index (κ1) is 10.4. The molecule has 1 rings (SSSR count). The number of rotatable bonds is 2. The van der Waals surface area contributed by atoms with Gasteiger partial charge in [-0.15, -0.1) is 0 Å². The highest BCUT2D eigenvalue weighted by Gasteiger charge is 2.29. The summed E-state index contributed by atoms with van der Waals surface area (Å²) in [5, 5.41) is 0. The molecule has 0 saturated carbocycles. The molecular weight excluding hydrogens is 188 g/mol. The summed E-state index contributed by atoms with van der Waals surface area (Å²) in [5.74, 6) is -0.180. The Morgan fingerprint density at radius 2 is 1.69 bits per heavy atom. The minimum atomic E-state index is -4.54. The summed E-state index contributed by atoms with van der Waals surface area (Å²) in [6.45, 7) is 3.36. The Kier molecular flexibility index (Phi) is 2.32. The highest BCUT2D eigenvalue weighted by molar-refractivity contribution is 8.10. The summed E-state index contributed by atoms with van der Waals surface area (Å²) in [4.78, 5) is 0.0881. The van der Waals surface area contributed by atoms with Gasteiger partial charge in [-0.05, 0) is 19.1 Å². The molecule has 2 N–H and O–H groups in total. The monoisotopic (exact) mass is 202 g/mol. The van der Waals surface area contributed by atoms with E-state index in [0.29, 0.717) is 0 Å². The van der Waals surface area contributed by atoms with Crippen LogP contribution in [0.5, 0.6) is 0 Å². The standard InChI is InChI=1S/C9H14O3S/c1-3-13(10,11,12)9-6-4-8(2)5-7-9/h4-7H,3H2,1-2H3,(H2,10,11,12). The first-order chi connectivity index (χ1) is 5.83. The fourth-order valence-electron chi connectivity index (χ4n) is 0.978. The summed E-state index contributed by atoms with van der Waals surface area (Å²) in [7, 11) is -4.54. The van der Waals surface area contributed by atoms with Crippen molar-refractivity contribution in [2.45, 2.75) is 18.7 Å². The fourth-order valence-corrected chi connectivity index (χ4v) is 1.99. The van der Waals surface area contributed by atoms with Crippen molar-refractivity contribution in [1.29, 1.82) is 0 Å². The minimum Gasteiger partial charge on any atom is -0.304 e.